The predicted octanol–water partition coefficient (Wildman–Crippen LogP) is 2.97. The van der Waals surface area contributed by atoms with Gasteiger partial charge in [0.1, 0.15) is 5.82 Å². The van der Waals surface area contributed by atoms with Gasteiger partial charge >= 0.3 is 0 Å². The third kappa shape index (κ3) is 2.13. The van der Waals surface area contributed by atoms with Crippen molar-refractivity contribution in [3.8, 4) is 0 Å². The zero-order valence-electron chi connectivity index (χ0n) is 8.33. The molecule has 1 saturated carbocycles. The second kappa shape index (κ2) is 3.70. The Balaban J connectivity index is 2.15. The maximum Gasteiger partial charge on any atom is 0.129 e. The highest BCUT2D eigenvalue weighted by Crippen LogP contribution is 2.38. The first kappa shape index (κ1) is 9.66. The Hall–Kier alpha value is -0.890. The number of hydrogen-bond acceptors (Lipinski definition) is 1. The van der Waals surface area contributed by atoms with Crippen molar-refractivity contribution in [2.45, 2.75) is 32.3 Å². The van der Waals surface area contributed by atoms with Gasteiger partial charge in [0.25, 0.3) is 0 Å². The fourth-order valence-electron chi connectivity index (χ4n) is 1.71. The van der Waals surface area contributed by atoms with Crippen LogP contribution in [0.1, 0.15) is 36.5 Å². The maximum absolute atomic E-state index is 13.3. The molecule has 0 aromatic heterocycles. The lowest BCUT2D eigenvalue weighted by Gasteiger charge is -2.11. The largest absolute Gasteiger partial charge is 0.388 e. The van der Waals surface area contributed by atoms with Crippen LogP contribution in [-0.2, 0) is 0 Å². The molecular weight excluding hydrogens is 179 g/mol. The predicted molar refractivity (Wildman–Crippen MR) is 53.4 cm³/mol. The van der Waals surface area contributed by atoms with Crippen molar-refractivity contribution in [3.63, 3.8) is 0 Å². The first-order chi connectivity index (χ1) is 6.66. The van der Waals surface area contributed by atoms with Gasteiger partial charge < -0.3 is 5.11 Å². The van der Waals surface area contributed by atoms with Crippen molar-refractivity contribution < 1.29 is 9.50 Å². The SMILES string of the molecule is Cc1ccc(F)c(C(O)CC2CC2)c1. The number of aliphatic hydroxyl groups is 1. The van der Waals surface area contributed by atoms with E-state index in [1.807, 2.05) is 6.92 Å². The summed E-state index contributed by atoms with van der Waals surface area (Å²) in [5.41, 5.74) is 1.45. The van der Waals surface area contributed by atoms with E-state index in [0.717, 1.165) is 5.56 Å². The number of rotatable bonds is 3. The first-order valence-electron chi connectivity index (χ1n) is 5.11. The third-order valence-corrected chi connectivity index (χ3v) is 2.76. The molecule has 1 N–H and O–H groups in total. The fraction of sp³-hybridized carbons (Fsp3) is 0.500. The molecule has 1 nitrogen and oxygen atoms in total. The van der Waals surface area contributed by atoms with Crippen LogP contribution in [0.25, 0.3) is 0 Å². The van der Waals surface area contributed by atoms with Crippen molar-refractivity contribution in [1.29, 1.82) is 0 Å². The first-order valence-corrected chi connectivity index (χ1v) is 5.11. The molecule has 1 aliphatic carbocycles. The van der Waals surface area contributed by atoms with Crippen LogP contribution in [0.3, 0.4) is 0 Å². The molecule has 1 unspecified atom stereocenters. The summed E-state index contributed by atoms with van der Waals surface area (Å²) >= 11 is 0. The van der Waals surface area contributed by atoms with Crippen molar-refractivity contribution in [2.24, 2.45) is 5.92 Å². The van der Waals surface area contributed by atoms with E-state index < -0.39 is 6.10 Å². The van der Waals surface area contributed by atoms with Gasteiger partial charge in [-0.25, -0.2) is 4.39 Å². The Morgan fingerprint density at radius 3 is 2.86 bits per heavy atom. The highest BCUT2D eigenvalue weighted by molar-refractivity contribution is 5.26. The van der Waals surface area contributed by atoms with Gasteiger partial charge in [-0.2, -0.15) is 0 Å². The van der Waals surface area contributed by atoms with Crippen molar-refractivity contribution in [3.05, 3.63) is 35.1 Å². The van der Waals surface area contributed by atoms with Crippen LogP contribution < -0.4 is 0 Å². The van der Waals surface area contributed by atoms with Gasteiger partial charge in [0.05, 0.1) is 6.10 Å². The van der Waals surface area contributed by atoms with Gasteiger partial charge in [-0.15, -0.1) is 0 Å². The number of aryl methyl sites for hydroxylation is 1. The molecule has 1 aliphatic rings. The van der Waals surface area contributed by atoms with Crippen LogP contribution >= 0.6 is 0 Å². The summed E-state index contributed by atoms with van der Waals surface area (Å²) in [5, 5.41) is 9.80. The number of aliphatic hydroxyl groups excluding tert-OH is 1. The Labute approximate surface area is 83.6 Å². The minimum Gasteiger partial charge on any atom is -0.388 e. The van der Waals surface area contributed by atoms with E-state index in [1.54, 1.807) is 12.1 Å². The molecule has 1 aromatic rings. The molecule has 0 aliphatic heterocycles. The average molecular weight is 194 g/mol. The summed E-state index contributed by atoms with van der Waals surface area (Å²) in [4.78, 5) is 0. The minimum absolute atomic E-state index is 0.288. The number of hydrogen-bond donors (Lipinski definition) is 1. The topological polar surface area (TPSA) is 20.2 Å². The summed E-state index contributed by atoms with van der Waals surface area (Å²) in [5.74, 6) is 0.327. The molecule has 2 rings (SSSR count). The molecule has 0 spiro atoms. The van der Waals surface area contributed by atoms with E-state index in [2.05, 4.69) is 0 Å². The van der Waals surface area contributed by atoms with Crippen LogP contribution in [0, 0.1) is 18.7 Å². The van der Waals surface area contributed by atoms with E-state index in [1.165, 1.54) is 18.9 Å². The monoisotopic (exact) mass is 194 g/mol. The molecule has 1 aromatic carbocycles. The molecule has 14 heavy (non-hydrogen) atoms. The Morgan fingerprint density at radius 2 is 2.21 bits per heavy atom. The Morgan fingerprint density at radius 1 is 1.50 bits per heavy atom. The summed E-state index contributed by atoms with van der Waals surface area (Å²) in [7, 11) is 0. The summed E-state index contributed by atoms with van der Waals surface area (Å²) < 4.78 is 13.3. The van der Waals surface area contributed by atoms with Crippen LogP contribution in [0.5, 0.6) is 0 Å². The third-order valence-electron chi connectivity index (χ3n) is 2.76. The number of benzene rings is 1. The van der Waals surface area contributed by atoms with E-state index >= 15 is 0 Å². The molecule has 0 saturated heterocycles. The molecule has 1 atom stereocenters. The second-order valence-corrected chi connectivity index (χ2v) is 4.22. The molecule has 1 fully saturated rings. The van der Waals surface area contributed by atoms with Crippen LogP contribution in [0.4, 0.5) is 4.39 Å². The number of halogens is 1. The highest BCUT2D eigenvalue weighted by atomic mass is 19.1. The molecule has 76 valence electrons. The van der Waals surface area contributed by atoms with Gasteiger partial charge in [0, 0.05) is 5.56 Å². The molecule has 0 amide bonds. The zero-order valence-corrected chi connectivity index (χ0v) is 8.33. The molecule has 0 bridgehead atoms. The summed E-state index contributed by atoms with van der Waals surface area (Å²) in [6.45, 7) is 1.91. The van der Waals surface area contributed by atoms with Gasteiger partial charge in [-0.3, -0.25) is 0 Å². The normalized spacial score (nSPS) is 18.2. The van der Waals surface area contributed by atoms with Crippen LogP contribution in [-0.4, -0.2) is 5.11 Å². The zero-order chi connectivity index (χ0) is 10.1. The smallest absolute Gasteiger partial charge is 0.129 e. The molecule has 2 heteroatoms. The molecule has 0 heterocycles. The average Bonchev–Trinajstić information content (AvgIpc) is 2.93. The van der Waals surface area contributed by atoms with Crippen molar-refractivity contribution >= 4 is 0 Å². The molecule has 0 radical (unpaired) electrons. The lowest BCUT2D eigenvalue weighted by molar-refractivity contribution is 0.156. The standard InChI is InChI=1S/C12H15FO/c1-8-2-5-11(13)10(6-8)12(14)7-9-3-4-9/h2,5-6,9,12,14H,3-4,7H2,1H3. The van der Waals surface area contributed by atoms with Gasteiger partial charge in [-0.1, -0.05) is 30.5 Å². The van der Waals surface area contributed by atoms with Crippen molar-refractivity contribution in [2.75, 3.05) is 0 Å². The second-order valence-electron chi connectivity index (χ2n) is 4.22. The van der Waals surface area contributed by atoms with Crippen LogP contribution in [0.2, 0.25) is 0 Å². The fourth-order valence-corrected chi connectivity index (χ4v) is 1.71. The minimum atomic E-state index is -0.623. The lowest BCUT2D eigenvalue weighted by atomic mass is 10.0. The summed E-state index contributed by atoms with van der Waals surface area (Å²) in [6.07, 6.45) is 2.46. The van der Waals surface area contributed by atoms with Crippen LogP contribution in [0.15, 0.2) is 18.2 Å². The molecular formula is C12H15FO. The van der Waals surface area contributed by atoms with Gasteiger partial charge in [-0.05, 0) is 25.3 Å². The van der Waals surface area contributed by atoms with Crippen molar-refractivity contribution in [1.82, 2.24) is 0 Å². The maximum atomic E-state index is 13.3. The van der Waals surface area contributed by atoms with E-state index in [-0.39, 0.29) is 5.82 Å². The van der Waals surface area contributed by atoms with E-state index in [9.17, 15) is 9.50 Å². The summed E-state index contributed by atoms with van der Waals surface area (Å²) in [6, 6.07) is 4.89. The van der Waals surface area contributed by atoms with Gasteiger partial charge in [0.2, 0.25) is 0 Å². The van der Waals surface area contributed by atoms with E-state index in [4.69, 9.17) is 0 Å². The van der Waals surface area contributed by atoms with E-state index in [0.29, 0.717) is 17.9 Å². The Kier molecular flexibility index (Phi) is 2.55. The Bertz CT molecular complexity index is 331. The van der Waals surface area contributed by atoms with Gasteiger partial charge in [0.15, 0.2) is 0 Å². The highest BCUT2D eigenvalue weighted by Gasteiger charge is 2.26. The quantitative estimate of drug-likeness (QED) is 0.784. The lowest BCUT2D eigenvalue weighted by Crippen LogP contribution is -2.02.